The number of nitrogens with one attached hydrogen (secondary N) is 1. The number of rotatable bonds is 5. The molecule has 0 saturated carbocycles. The largest absolute Gasteiger partial charge is 0.507 e. The molecule has 0 fully saturated rings. The predicted molar refractivity (Wildman–Crippen MR) is 113 cm³/mol. The molecule has 1 amide bonds. The number of nitrogens with two attached hydrogens (primary N) is 1. The van der Waals surface area contributed by atoms with E-state index in [1.165, 1.54) is 29.1 Å². The first kappa shape index (κ1) is 20.3. The molecule has 4 N–H and O–H groups in total. The molecule has 0 unspecified atom stereocenters. The highest BCUT2D eigenvalue weighted by molar-refractivity contribution is 6.30. The maximum absolute atomic E-state index is 12.9. The summed E-state index contributed by atoms with van der Waals surface area (Å²) in [5.41, 5.74) is 9.10. The van der Waals surface area contributed by atoms with Crippen LogP contribution in [0, 0.1) is 0 Å². The molecule has 0 radical (unpaired) electrons. The monoisotopic (exact) mass is 468 g/mol. The molecular formula is C19H13ClN8O5. The van der Waals surface area contributed by atoms with Crippen molar-refractivity contribution in [2.24, 2.45) is 5.10 Å². The molecule has 3 heterocycles. The highest BCUT2D eigenvalue weighted by Gasteiger charge is 2.26. The second kappa shape index (κ2) is 8.12. The normalized spacial score (nSPS) is 12.4. The minimum atomic E-state index is -0.693. The average molecular weight is 469 g/mol. The molecule has 14 heteroatoms. The summed E-state index contributed by atoms with van der Waals surface area (Å²) in [5.74, 6) is 0.273. The van der Waals surface area contributed by atoms with Crippen LogP contribution in [0.3, 0.4) is 0 Å². The second-order valence-electron chi connectivity index (χ2n) is 6.64. The Hall–Kier alpha value is -4.65. The van der Waals surface area contributed by atoms with Crippen LogP contribution in [-0.2, 0) is 0 Å². The van der Waals surface area contributed by atoms with E-state index in [1.807, 2.05) is 0 Å². The van der Waals surface area contributed by atoms with E-state index in [4.69, 9.17) is 26.8 Å². The number of aromatic nitrogens is 5. The predicted octanol–water partition coefficient (Wildman–Crippen LogP) is 1.75. The van der Waals surface area contributed by atoms with Crippen LogP contribution in [0.2, 0.25) is 5.02 Å². The van der Waals surface area contributed by atoms with Crippen molar-refractivity contribution < 1.29 is 24.0 Å². The summed E-state index contributed by atoms with van der Waals surface area (Å²) < 4.78 is 16.6. The van der Waals surface area contributed by atoms with E-state index in [2.05, 4.69) is 35.8 Å². The number of amides is 1. The van der Waals surface area contributed by atoms with Crippen molar-refractivity contribution in [2.45, 2.75) is 0 Å². The Bertz CT molecular complexity index is 1400. The molecule has 166 valence electrons. The van der Waals surface area contributed by atoms with Gasteiger partial charge in [0.1, 0.15) is 11.4 Å². The Labute approximate surface area is 189 Å². The molecule has 33 heavy (non-hydrogen) atoms. The smallest absolute Gasteiger partial charge is 0.294 e. The number of carbonyl (C=O) groups excluding carboxylic acids is 1. The number of anilines is 1. The number of phenolic OH excluding ortho intramolecular Hbond substituents is 1. The number of halogens is 1. The van der Waals surface area contributed by atoms with Gasteiger partial charge in [-0.3, -0.25) is 4.79 Å². The van der Waals surface area contributed by atoms with Crippen molar-refractivity contribution in [3.63, 3.8) is 0 Å². The lowest BCUT2D eigenvalue weighted by Crippen LogP contribution is -2.19. The minimum absolute atomic E-state index is 0.0431. The van der Waals surface area contributed by atoms with Crippen molar-refractivity contribution >= 4 is 29.5 Å². The van der Waals surface area contributed by atoms with E-state index in [-0.39, 0.29) is 35.6 Å². The molecule has 1 aliphatic heterocycles. The molecule has 1 aliphatic rings. The first-order chi connectivity index (χ1) is 16.0. The zero-order chi connectivity index (χ0) is 22.9. The fourth-order valence-electron chi connectivity index (χ4n) is 3.07. The zero-order valence-electron chi connectivity index (χ0n) is 16.5. The van der Waals surface area contributed by atoms with Gasteiger partial charge in [-0.1, -0.05) is 16.8 Å². The van der Waals surface area contributed by atoms with Gasteiger partial charge in [-0.2, -0.15) is 9.78 Å². The van der Waals surface area contributed by atoms with E-state index in [1.54, 1.807) is 18.2 Å². The number of hydrogen-bond acceptors (Lipinski definition) is 11. The standard InChI is InChI=1S/C19H13ClN8O5/c20-11-2-3-12(29)10(5-11)7-22-24-19(30)15-16(9-1-4-13-14(6-9)32-8-31-13)28(27-23-15)18-17(21)25-33-26-18/h1-7,29H,8H2,(H2,21,25)(H,24,30). The summed E-state index contributed by atoms with van der Waals surface area (Å²) in [6, 6.07) is 9.45. The highest BCUT2D eigenvalue weighted by atomic mass is 35.5. The fraction of sp³-hybridized carbons (Fsp3) is 0.0526. The number of hydrazone groups is 1. The van der Waals surface area contributed by atoms with Crippen molar-refractivity contribution in [2.75, 3.05) is 12.5 Å². The van der Waals surface area contributed by atoms with Crippen LogP contribution >= 0.6 is 11.6 Å². The lowest BCUT2D eigenvalue weighted by Gasteiger charge is -2.07. The van der Waals surface area contributed by atoms with Gasteiger partial charge in [0.05, 0.1) is 6.21 Å². The zero-order valence-corrected chi connectivity index (χ0v) is 17.2. The number of hydrogen-bond donors (Lipinski definition) is 3. The van der Waals surface area contributed by atoms with Crippen LogP contribution < -0.4 is 20.6 Å². The summed E-state index contributed by atoms with van der Waals surface area (Å²) in [7, 11) is 0. The number of ether oxygens (including phenoxy) is 2. The van der Waals surface area contributed by atoms with E-state index < -0.39 is 5.91 Å². The minimum Gasteiger partial charge on any atom is -0.507 e. The number of carbonyl (C=O) groups is 1. The number of fused-ring (bicyclic) bond motifs is 1. The third-order valence-electron chi connectivity index (χ3n) is 4.59. The lowest BCUT2D eigenvalue weighted by atomic mass is 10.1. The molecule has 2 aromatic carbocycles. The van der Waals surface area contributed by atoms with Crippen LogP contribution in [0.4, 0.5) is 5.82 Å². The van der Waals surface area contributed by atoms with Crippen molar-refractivity contribution in [1.82, 2.24) is 30.7 Å². The third-order valence-corrected chi connectivity index (χ3v) is 4.82. The summed E-state index contributed by atoms with van der Waals surface area (Å²) in [4.78, 5) is 12.9. The number of benzene rings is 2. The molecule has 0 atom stereocenters. The van der Waals surface area contributed by atoms with Crippen molar-refractivity contribution in [3.05, 3.63) is 52.7 Å². The Morgan fingerprint density at radius 3 is 2.88 bits per heavy atom. The van der Waals surface area contributed by atoms with Gasteiger partial charge in [-0.05, 0) is 46.7 Å². The van der Waals surface area contributed by atoms with Gasteiger partial charge in [0.25, 0.3) is 5.91 Å². The van der Waals surface area contributed by atoms with Gasteiger partial charge in [-0.25, -0.2) is 10.1 Å². The Kier molecular flexibility index (Phi) is 4.99. The van der Waals surface area contributed by atoms with E-state index in [9.17, 15) is 9.90 Å². The Morgan fingerprint density at radius 1 is 1.21 bits per heavy atom. The summed E-state index contributed by atoms with van der Waals surface area (Å²) in [6.45, 7) is 0.0782. The Balaban J connectivity index is 1.51. The van der Waals surface area contributed by atoms with Gasteiger partial charge < -0.3 is 20.3 Å². The maximum atomic E-state index is 12.9. The molecule has 0 aliphatic carbocycles. The molecule has 4 aromatic rings. The highest BCUT2D eigenvalue weighted by Crippen LogP contribution is 2.37. The van der Waals surface area contributed by atoms with Crippen LogP contribution in [-0.4, -0.2) is 49.3 Å². The van der Waals surface area contributed by atoms with Gasteiger partial charge >= 0.3 is 0 Å². The quantitative estimate of drug-likeness (QED) is 0.289. The summed E-state index contributed by atoms with van der Waals surface area (Å²) in [6.07, 6.45) is 1.24. The van der Waals surface area contributed by atoms with Crippen LogP contribution in [0.25, 0.3) is 17.1 Å². The molecule has 5 rings (SSSR count). The molecular weight excluding hydrogens is 456 g/mol. The Morgan fingerprint density at radius 2 is 2.06 bits per heavy atom. The van der Waals surface area contributed by atoms with Gasteiger partial charge in [0, 0.05) is 16.1 Å². The fourth-order valence-corrected chi connectivity index (χ4v) is 3.25. The topological polar surface area (TPSA) is 176 Å². The van der Waals surface area contributed by atoms with E-state index in [0.717, 1.165) is 0 Å². The first-order valence-electron chi connectivity index (χ1n) is 9.27. The molecule has 13 nitrogen and oxygen atoms in total. The molecule has 2 aromatic heterocycles. The van der Waals surface area contributed by atoms with E-state index in [0.29, 0.717) is 27.6 Å². The van der Waals surface area contributed by atoms with Crippen LogP contribution in [0.5, 0.6) is 17.2 Å². The van der Waals surface area contributed by atoms with Gasteiger partial charge in [0.15, 0.2) is 17.2 Å². The van der Waals surface area contributed by atoms with Gasteiger partial charge in [0.2, 0.25) is 18.4 Å². The summed E-state index contributed by atoms with van der Waals surface area (Å²) >= 11 is 5.92. The SMILES string of the molecule is Nc1nonc1-n1nnc(C(=O)NN=Cc2cc(Cl)ccc2O)c1-c1ccc2c(c1)OCO2. The number of nitrogens with zero attached hydrogens (tertiary/aromatic N) is 6. The lowest BCUT2D eigenvalue weighted by molar-refractivity contribution is 0.0950. The third kappa shape index (κ3) is 3.76. The molecule has 0 spiro atoms. The molecule has 0 bridgehead atoms. The van der Waals surface area contributed by atoms with Crippen LogP contribution in [0.15, 0.2) is 46.1 Å². The van der Waals surface area contributed by atoms with Crippen molar-refractivity contribution in [3.8, 4) is 34.3 Å². The number of phenols is 1. The van der Waals surface area contributed by atoms with Crippen molar-refractivity contribution in [1.29, 1.82) is 0 Å². The van der Waals surface area contributed by atoms with E-state index >= 15 is 0 Å². The number of nitrogen functional groups attached to an aromatic ring is 1. The molecule has 0 saturated heterocycles. The second-order valence-corrected chi connectivity index (χ2v) is 7.08. The number of aromatic hydroxyl groups is 1. The average Bonchev–Trinajstić information content (AvgIpc) is 3.54. The van der Waals surface area contributed by atoms with Crippen LogP contribution in [0.1, 0.15) is 16.1 Å². The first-order valence-corrected chi connectivity index (χ1v) is 9.65. The van der Waals surface area contributed by atoms with Gasteiger partial charge in [-0.15, -0.1) is 5.10 Å². The maximum Gasteiger partial charge on any atom is 0.294 e. The summed E-state index contributed by atoms with van der Waals surface area (Å²) in [5, 5.41) is 29.4.